The van der Waals surface area contributed by atoms with Crippen molar-refractivity contribution in [2.75, 3.05) is 23.7 Å². The SMILES string of the molecule is CCCCNc1ccc(NS(=O)(=O)c2cc(C)ccc2OC)nn1. The number of aromatic nitrogens is 2. The summed E-state index contributed by atoms with van der Waals surface area (Å²) in [6.07, 6.45) is 2.11. The zero-order chi connectivity index (χ0) is 17.6. The van der Waals surface area contributed by atoms with Crippen LogP contribution < -0.4 is 14.8 Å². The fourth-order valence-corrected chi connectivity index (χ4v) is 3.31. The number of unbranched alkanes of at least 4 members (excludes halogenated alkanes) is 1. The van der Waals surface area contributed by atoms with Crippen LogP contribution in [0.25, 0.3) is 0 Å². The quantitative estimate of drug-likeness (QED) is 0.711. The van der Waals surface area contributed by atoms with Gasteiger partial charge >= 0.3 is 0 Å². The van der Waals surface area contributed by atoms with Crippen molar-refractivity contribution in [2.24, 2.45) is 0 Å². The van der Waals surface area contributed by atoms with Gasteiger partial charge in [0.2, 0.25) is 0 Å². The number of benzene rings is 1. The summed E-state index contributed by atoms with van der Waals surface area (Å²) in [5.41, 5.74) is 0.817. The highest BCUT2D eigenvalue weighted by Crippen LogP contribution is 2.26. The minimum absolute atomic E-state index is 0.0666. The van der Waals surface area contributed by atoms with Gasteiger partial charge in [0, 0.05) is 6.54 Å². The summed E-state index contributed by atoms with van der Waals surface area (Å²) in [5, 5.41) is 11.0. The Hall–Kier alpha value is -2.35. The monoisotopic (exact) mass is 350 g/mol. The first-order valence-corrected chi connectivity index (χ1v) is 9.19. The van der Waals surface area contributed by atoms with Crippen LogP contribution in [0.4, 0.5) is 11.6 Å². The summed E-state index contributed by atoms with van der Waals surface area (Å²) in [6.45, 7) is 4.72. The van der Waals surface area contributed by atoms with Gasteiger partial charge in [0.15, 0.2) is 5.82 Å². The van der Waals surface area contributed by atoms with Gasteiger partial charge in [-0.25, -0.2) is 8.42 Å². The average Bonchev–Trinajstić information content (AvgIpc) is 2.56. The molecule has 0 unspecified atom stereocenters. The average molecular weight is 350 g/mol. The maximum atomic E-state index is 12.6. The molecular formula is C16H22N4O3S. The van der Waals surface area contributed by atoms with E-state index in [1.54, 1.807) is 30.3 Å². The Bertz CT molecular complexity index is 776. The van der Waals surface area contributed by atoms with Gasteiger partial charge < -0.3 is 10.1 Å². The molecule has 1 aromatic carbocycles. The van der Waals surface area contributed by atoms with Gasteiger partial charge in [-0.05, 0) is 43.2 Å². The lowest BCUT2D eigenvalue weighted by atomic mass is 10.2. The molecule has 2 N–H and O–H groups in total. The van der Waals surface area contributed by atoms with Crippen molar-refractivity contribution in [3.05, 3.63) is 35.9 Å². The van der Waals surface area contributed by atoms with Crippen molar-refractivity contribution in [2.45, 2.75) is 31.6 Å². The number of aryl methyl sites for hydroxylation is 1. The van der Waals surface area contributed by atoms with Crippen LogP contribution in [0.3, 0.4) is 0 Å². The van der Waals surface area contributed by atoms with Crippen LogP contribution >= 0.6 is 0 Å². The molecule has 7 nitrogen and oxygen atoms in total. The number of rotatable bonds is 8. The summed E-state index contributed by atoms with van der Waals surface area (Å²) in [7, 11) is -2.38. The summed E-state index contributed by atoms with van der Waals surface area (Å²) >= 11 is 0. The second-order valence-electron chi connectivity index (χ2n) is 5.34. The minimum Gasteiger partial charge on any atom is -0.495 e. The molecule has 0 spiro atoms. The van der Waals surface area contributed by atoms with E-state index in [0.717, 1.165) is 24.9 Å². The molecule has 0 saturated carbocycles. The van der Waals surface area contributed by atoms with E-state index >= 15 is 0 Å². The Morgan fingerprint density at radius 3 is 2.46 bits per heavy atom. The Morgan fingerprint density at radius 2 is 1.83 bits per heavy atom. The molecule has 0 radical (unpaired) electrons. The van der Waals surface area contributed by atoms with Crippen molar-refractivity contribution in [3.63, 3.8) is 0 Å². The second-order valence-corrected chi connectivity index (χ2v) is 6.99. The zero-order valence-electron chi connectivity index (χ0n) is 14.0. The lowest BCUT2D eigenvalue weighted by molar-refractivity contribution is 0.402. The van der Waals surface area contributed by atoms with Crippen LogP contribution in [0.5, 0.6) is 5.75 Å². The molecule has 0 aliphatic rings. The molecule has 0 fully saturated rings. The fourth-order valence-electron chi connectivity index (χ4n) is 2.06. The van der Waals surface area contributed by atoms with Crippen molar-refractivity contribution >= 4 is 21.7 Å². The summed E-state index contributed by atoms with van der Waals surface area (Å²) in [4.78, 5) is 0.0666. The number of sulfonamides is 1. The van der Waals surface area contributed by atoms with Gasteiger partial charge in [-0.1, -0.05) is 19.4 Å². The summed E-state index contributed by atoms with van der Waals surface area (Å²) < 4.78 is 32.7. The highest BCUT2D eigenvalue weighted by atomic mass is 32.2. The highest BCUT2D eigenvalue weighted by Gasteiger charge is 2.20. The first-order chi connectivity index (χ1) is 11.5. The van der Waals surface area contributed by atoms with E-state index in [2.05, 4.69) is 27.2 Å². The van der Waals surface area contributed by atoms with Crippen LogP contribution in [-0.2, 0) is 10.0 Å². The van der Waals surface area contributed by atoms with Gasteiger partial charge in [0.25, 0.3) is 10.0 Å². The van der Waals surface area contributed by atoms with E-state index in [1.807, 2.05) is 6.92 Å². The molecule has 8 heteroatoms. The van der Waals surface area contributed by atoms with E-state index < -0.39 is 10.0 Å². The largest absolute Gasteiger partial charge is 0.495 e. The Morgan fingerprint density at radius 1 is 1.12 bits per heavy atom. The molecule has 130 valence electrons. The predicted octanol–water partition coefficient (Wildman–Crippen LogP) is 2.81. The molecule has 24 heavy (non-hydrogen) atoms. The molecule has 0 aliphatic heterocycles. The molecule has 2 aromatic rings. The van der Waals surface area contributed by atoms with Gasteiger partial charge in [-0.2, -0.15) is 0 Å². The van der Waals surface area contributed by atoms with Crippen LogP contribution in [0.1, 0.15) is 25.3 Å². The van der Waals surface area contributed by atoms with E-state index in [4.69, 9.17) is 4.74 Å². The Labute approximate surface area is 142 Å². The van der Waals surface area contributed by atoms with Gasteiger partial charge in [-0.3, -0.25) is 4.72 Å². The third-order valence-corrected chi connectivity index (χ3v) is 4.72. The van der Waals surface area contributed by atoms with Gasteiger partial charge in [-0.15, -0.1) is 10.2 Å². The zero-order valence-corrected chi connectivity index (χ0v) is 14.9. The van der Waals surface area contributed by atoms with Crippen molar-refractivity contribution in [3.8, 4) is 5.75 Å². The molecule has 0 amide bonds. The first kappa shape index (κ1) is 18.0. The number of nitrogens with one attached hydrogen (secondary N) is 2. The summed E-state index contributed by atoms with van der Waals surface area (Å²) in [5.74, 6) is 1.04. The number of hydrogen-bond acceptors (Lipinski definition) is 6. The fraction of sp³-hybridized carbons (Fsp3) is 0.375. The summed E-state index contributed by atoms with van der Waals surface area (Å²) in [6, 6.07) is 8.22. The van der Waals surface area contributed by atoms with E-state index in [0.29, 0.717) is 5.82 Å². The minimum atomic E-state index is -3.81. The van der Waals surface area contributed by atoms with Gasteiger partial charge in [0.1, 0.15) is 16.5 Å². The maximum absolute atomic E-state index is 12.6. The number of hydrogen-bond donors (Lipinski definition) is 2. The molecular weight excluding hydrogens is 328 g/mol. The standard InChI is InChI=1S/C16H22N4O3S/c1-4-5-10-17-15-8-9-16(19-18-15)20-24(21,22)14-11-12(2)6-7-13(14)23-3/h6-9,11H,4-5,10H2,1-3H3,(H,17,18)(H,19,20). The van der Waals surface area contributed by atoms with Crippen LogP contribution in [0, 0.1) is 6.92 Å². The second kappa shape index (κ2) is 7.96. The van der Waals surface area contributed by atoms with Crippen molar-refractivity contribution in [1.82, 2.24) is 10.2 Å². The normalized spacial score (nSPS) is 11.1. The number of ether oxygens (including phenoxy) is 1. The van der Waals surface area contributed by atoms with Crippen molar-refractivity contribution < 1.29 is 13.2 Å². The van der Waals surface area contributed by atoms with E-state index in [1.165, 1.54) is 7.11 Å². The number of anilines is 2. The van der Waals surface area contributed by atoms with Gasteiger partial charge in [0.05, 0.1) is 7.11 Å². The van der Waals surface area contributed by atoms with Crippen LogP contribution in [-0.4, -0.2) is 32.3 Å². The van der Waals surface area contributed by atoms with Crippen LogP contribution in [0.15, 0.2) is 35.2 Å². The smallest absolute Gasteiger partial charge is 0.266 e. The maximum Gasteiger partial charge on any atom is 0.266 e. The molecule has 0 aliphatic carbocycles. The topological polar surface area (TPSA) is 93.2 Å². The first-order valence-electron chi connectivity index (χ1n) is 7.71. The predicted molar refractivity (Wildman–Crippen MR) is 94.0 cm³/mol. The Kier molecular flexibility index (Phi) is 5.97. The molecule has 0 saturated heterocycles. The van der Waals surface area contributed by atoms with E-state index in [-0.39, 0.29) is 16.5 Å². The highest BCUT2D eigenvalue weighted by molar-refractivity contribution is 7.92. The van der Waals surface area contributed by atoms with Crippen LogP contribution in [0.2, 0.25) is 0 Å². The molecule has 0 bridgehead atoms. The number of methoxy groups -OCH3 is 1. The lowest BCUT2D eigenvalue weighted by Gasteiger charge is -2.12. The molecule has 2 rings (SSSR count). The Balaban J connectivity index is 2.16. The van der Waals surface area contributed by atoms with Crippen molar-refractivity contribution in [1.29, 1.82) is 0 Å². The third kappa shape index (κ3) is 4.58. The number of nitrogens with zero attached hydrogens (tertiary/aromatic N) is 2. The lowest BCUT2D eigenvalue weighted by Crippen LogP contribution is -2.16. The third-order valence-electron chi connectivity index (χ3n) is 3.35. The molecule has 1 heterocycles. The van der Waals surface area contributed by atoms with E-state index in [9.17, 15) is 8.42 Å². The molecule has 1 aromatic heterocycles. The molecule has 0 atom stereocenters.